The Morgan fingerprint density at radius 2 is 2.25 bits per heavy atom. The molecule has 1 aromatic heterocycles. The molecule has 90 valence electrons. The molecule has 1 heterocycles. The van der Waals surface area contributed by atoms with E-state index in [4.69, 9.17) is 16.7 Å². The van der Waals surface area contributed by atoms with Gasteiger partial charge in [-0.05, 0) is 42.9 Å². The molecule has 0 aliphatic carbocycles. The second kappa shape index (κ2) is 5.04. The van der Waals surface area contributed by atoms with Crippen LogP contribution in [0.5, 0.6) is 0 Å². The third-order valence-corrected chi connectivity index (χ3v) is 5.03. The molecule has 3 nitrogen and oxygen atoms in total. The minimum atomic E-state index is -0.886. The van der Waals surface area contributed by atoms with E-state index in [9.17, 15) is 4.79 Å². The van der Waals surface area contributed by atoms with Crippen LogP contribution in [-0.2, 0) is 11.3 Å². The van der Waals surface area contributed by atoms with Crippen molar-refractivity contribution < 1.29 is 9.90 Å². The Hall–Kier alpha value is -0.100. The van der Waals surface area contributed by atoms with Crippen molar-refractivity contribution in [1.29, 1.82) is 0 Å². The molecule has 0 spiro atoms. The lowest BCUT2D eigenvalue weighted by atomic mass is 10.0. The molecule has 0 amide bonds. The monoisotopic (exact) mass is 325 g/mol. The van der Waals surface area contributed by atoms with Gasteiger partial charge in [0.05, 0.1) is 0 Å². The zero-order chi connectivity index (χ0) is 12.5. The van der Waals surface area contributed by atoms with Crippen molar-refractivity contribution in [3.8, 4) is 0 Å². The largest absolute Gasteiger partial charge is 0.480 e. The quantitative estimate of drug-likeness (QED) is 0.921. The number of carboxylic acids is 1. The maximum Gasteiger partial charge on any atom is 0.323 e. The number of aliphatic carboxylic acids is 1. The highest BCUT2D eigenvalue weighted by molar-refractivity contribution is 9.10. The SMILES string of the molecule is CN(Cc1cc(Br)c(Cl)s1)C(C)(C)C(=O)O. The van der Waals surface area contributed by atoms with Crippen LogP contribution in [0.25, 0.3) is 0 Å². The normalized spacial score (nSPS) is 12.1. The summed E-state index contributed by atoms with van der Waals surface area (Å²) in [6.07, 6.45) is 0. The van der Waals surface area contributed by atoms with Crippen molar-refractivity contribution in [1.82, 2.24) is 4.90 Å². The number of hydrogen-bond acceptors (Lipinski definition) is 3. The predicted molar refractivity (Wildman–Crippen MR) is 70.2 cm³/mol. The minimum Gasteiger partial charge on any atom is -0.480 e. The highest BCUT2D eigenvalue weighted by atomic mass is 79.9. The molecule has 16 heavy (non-hydrogen) atoms. The van der Waals surface area contributed by atoms with Gasteiger partial charge in [0.25, 0.3) is 0 Å². The van der Waals surface area contributed by atoms with Crippen LogP contribution in [0.2, 0.25) is 4.34 Å². The summed E-state index contributed by atoms with van der Waals surface area (Å²) in [7, 11) is 1.79. The van der Waals surface area contributed by atoms with Crippen molar-refractivity contribution >= 4 is 44.8 Å². The van der Waals surface area contributed by atoms with Gasteiger partial charge in [0.15, 0.2) is 0 Å². The highest BCUT2D eigenvalue weighted by Gasteiger charge is 2.32. The molecule has 0 atom stereocenters. The topological polar surface area (TPSA) is 40.5 Å². The Kier molecular flexibility index (Phi) is 4.40. The molecule has 6 heteroatoms. The molecule has 1 rings (SSSR count). The van der Waals surface area contributed by atoms with Gasteiger partial charge in [-0.1, -0.05) is 11.6 Å². The maximum atomic E-state index is 11.1. The minimum absolute atomic E-state index is 0.565. The van der Waals surface area contributed by atoms with Gasteiger partial charge in [-0.3, -0.25) is 9.69 Å². The summed E-state index contributed by atoms with van der Waals surface area (Å²) in [6.45, 7) is 3.93. The molecule has 0 bridgehead atoms. The maximum absolute atomic E-state index is 11.1. The molecule has 0 fully saturated rings. The average molecular weight is 327 g/mol. The number of hydrogen-bond donors (Lipinski definition) is 1. The van der Waals surface area contributed by atoms with Crippen molar-refractivity contribution in [2.24, 2.45) is 0 Å². The summed E-state index contributed by atoms with van der Waals surface area (Å²) in [6, 6.07) is 1.92. The van der Waals surface area contributed by atoms with E-state index in [0.717, 1.165) is 9.35 Å². The van der Waals surface area contributed by atoms with Gasteiger partial charge >= 0.3 is 5.97 Å². The Bertz CT molecular complexity index is 386. The summed E-state index contributed by atoms with van der Waals surface area (Å²) in [5, 5.41) is 9.08. The number of carboxylic acid groups (broad SMARTS) is 1. The van der Waals surface area contributed by atoms with Gasteiger partial charge < -0.3 is 5.11 Å². The Labute approximate surface area is 112 Å². The fraction of sp³-hybridized carbons (Fsp3) is 0.500. The number of carbonyl (C=O) groups is 1. The summed E-state index contributed by atoms with van der Waals surface area (Å²) in [5.74, 6) is -0.836. The van der Waals surface area contributed by atoms with Crippen LogP contribution < -0.4 is 0 Å². The molecular weight excluding hydrogens is 314 g/mol. The zero-order valence-corrected chi connectivity index (χ0v) is 12.4. The van der Waals surface area contributed by atoms with Gasteiger partial charge in [-0.2, -0.15) is 0 Å². The molecule has 0 radical (unpaired) electrons. The standard InChI is InChI=1S/C10H13BrClNO2S/c1-10(2,9(14)15)13(3)5-6-4-7(11)8(12)16-6/h4H,5H2,1-3H3,(H,14,15). The number of halogens is 2. The van der Waals surface area contributed by atoms with Crippen LogP contribution in [0.3, 0.4) is 0 Å². The third kappa shape index (κ3) is 2.97. The fourth-order valence-corrected chi connectivity index (χ4v) is 2.91. The van der Waals surface area contributed by atoms with Crippen LogP contribution in [0.15, 0.2) is 10.5 Å². The van der Waals surface area contributed by atoms with Crippen LogP contribution in [0.1, 0.15) is 18.7 Å². The second-order valence-electron chi connectivity index (χ2n) is 4.05. The highest BCUT2D eigenvalue weighted by Crippen LogP contribution is 2.33. The number of thiophene rings is 1. The van der Waals surface area contributed by atoms with E-state index in [-0.39, 0.29) is 0 Å². The molecule has 0 aromatic carbocycles. The van der Waals surface area contributed by atoms with Crippen molar-refractivity contribution in [2.75, 3.05) is 7.05 Å². The molecule has 0 saturated heterocycles. The van der Waals surface area contributed by atoms with E-state index in [1.807, 2.05) is 6.07 Å². The van der Waals surface area contributed by atoms with E-state index in [2.05, 4.69) is 15.9 Å². The van der Waals surface area contributed by atoms with E-state index < -0.39 is 11.5 Å². The van der Waals surface area contributed by atoms with E-state index in [1.54, 1.807) is 25.8 Å². The molecule has 0 unspecified atom stereocenters. The first-order valence-electron chi connectivity index (χ1n) is 4.63. The smallest absolute Gasteiger partial charge is 0.323 e. The van der Waals surface area contributed by atoms with Crippen LogP contribution in [0, 0.1) is 0 Å². The Balaban J connectivity index is 2.78. The van der Waals surface area contributed by atoms with E-state index in [0.29, 0.717) is 10.9 Å². The first-order chi connectivity index (χ1) is 7.25. The summed E-state index contributed by atoms with van der Waals surface area (Å²) >= 11 is 10.7. The zero-order valence-electron chi connectivity index (χ0n) is 9.25. The third-order valence-electron chi connectivity index (χ3n) is 2.57. The lowest BCUT2D eigenvalue weighted by Gasteiger charge is -2.30. The average Bonchev–Trinajstić information content (AvgIpc) is 2.45. The van der Waals surface area contributed by atoms with Gasteiger partial charge in [-0.15, -0.1) is 11.3 Å². The molecule has 0 aliphatic rings. The second-order valence-corrected chi connectivity index (χ2v) is 6.65. The van der Waals surface area contributed by atoms with E-state index >= 15 is 0 Å². The molecule has 1 N–H and O–H groups in total. The first kappa shape index (κ1) is 14.0. The van der Waals surface area contributed by atoms with Crippen molar-refractivity contribution in [3.63, 3.8) is 0 Å². The number of rotatable bonds is 4. The molecule has 1 aromatic rings. The van der Waals surface area contributed by atoms with Crippen molar-refractivity contribution in [2.45, 2.75) is 25.9 Å². The number of likely N-dealkylation sites (N-methyl/N-ethyl adjacent to an activating group) is 1. The lowest BCUT2D eigenvalue weighted by Crippen LogP contribution is -2.47. The Morgan fingerprint density at radius 1 is 1.69 bits per heavy atom. The van der Waals surface area contributed by atoms with Crippen LogP contribution >= 0.6 is 38.9 Å². The summed E-state index contributed by atoms with van der Waals surface area (Å²) in [4.78, 5) is 13.9. The fourth-order valence-electron chi connectivity index (χ4n) is 1.06. The van der Waals surface area contributed by atoms with Gasteiger partial charge in [0.1, 0.15) is 9.88 Å². The number of nitrogens with zero attached hydrogens (tertiary/aromatic N) is 1. The summed E-state index contributed by atoms with van der Waals surface area (Å²) in [5.41, 5.74) is -0.886. The molecular formula is C10H13BrClNO2S. The lowest BCUT2D eigenvalue weighted by molar-refractivity contribution is -0.148. The molecule has 0 saturated carbocycles. The van der Waals surface area contributed by atoms with Gasteiger partial charge in [0, 0.05) is 15.9 Å². The summed E-state index contributed by atoms with van der Waals surface area (Å²) < 4.78 is 1.55. The molecule has 0 aliphatic heterocycles. The van der Waals surface area contributed by atoms with E-state index in [1.165, 1.54) is 11.3 Å². The first-order valence-corrected chi connectivity index (χ1v) is 6.62. The van der Waals surface area contributed by atoms with Crippen LogP contribution in [-0.4, -0.2) is 28.6 Å². The van der Waals surface area contributed by atoms with Gasteiger partial charge in [0.2, 0.25) is 0 Å². The Morgan fingerprint density at radius 3 is 2.62 bits per heavy atom. The van der Waals surface area contributed by atoms with Crippen LogP contribution in [0.4, 0.5) is 0 Å². The van der Waals surface area contributed by atoms with Crippen molar-refractivity contribution in [3.05, 3.63) is 19.8 Å². The van der Waals surface area contributed by atoms with Gasteiger partial charge in [-0.25, -0.2) is 0 Å². The predicted octanol–water partition coefficient (Wildman–Crippen LogP) is 3.46.